The van der Waals surface area contributed by atoms with Crippen molar-refractivity contribution in [1.82, 2.24) is 0 Å². The second kappa shape index (κ2) is 5.13. The highest BCUT2D eigenvalue weighted by Crippen LogP contribution is 2.56. The topological polar surface area (TPSA) is 54.4 Å². The minimum atomic E-state index is -0.711. The average molecular weight is 200 g/mol. The predicted molar refractivity (Wildman–Crippen MR) is 55.0 cm³/mol. The van der Waals surface area contributed by atoms with E-state index in [2.05, 4.69) is 20.8 Å². The van der Waals surface area contributed by atoms with Gasteiger partial charge in [0, 0.05) is 12.3 Å². The van der Waals surface area contributed by atoms with Crippen molar-refractivity contribution >= 4 is 12.3 Å². The number of carbonyl (C=O) groups excluding carboxylic acids is 1. The van der Waals surface area contributed by atoms with E-state index in [1.165, 1.54) is 0 Å². The fraction of sp³-hybridized carbons (Fsp3) is 0.818. The Morgan fingerprint density at radius 2 is 1.93 bits per heavy atom. The number of hydrogen-bond donors (Lipinski definition) is 1. The summed E-state index contributed by atoms with van der Waals surface area (Å²) in [6, 6.07) is 0. The second-order valence-corrected chi connectivity index (χ2v) is 4.42. The lowest BCUT2D eigenvalue weighted by Gasteiger charge is -1.93. The minimum absolute atomic E-state index is 0.292. The quantitative estimate of drug-likeness (QED) is 0.711. The Morgan fingerprint density at radius 1 is 1.50 bits per heavy atom. The maximum absolute atomic E-state index is 10.2. The van der Waals surface area contributed by atoms with Crippen molar-refractivity contribution in [3.05, 3.63) is 0 Å². The monoisotopic (exact) mass is 200 g/mol. The van der Waals surface area contributed by atoms with Gasteiger partial charge in [0.05, 0.1) is 0 Å². The number of carbonyl (C=O) groups is 2. The number of carboxylic acid groups (broad SMARTS) is 1. The Bertz CT molecular complexity index is 209. The highest BCUT2D eigenvalue weighted by atomic mass is 16.4. The standard InChI is InChI=1S/C7H12O.C4H8O2/c1-5-6(4-8)7(5,2)3;1-2-3-4(5)6/h4-6H,1-3H3;2-3H2,1H3,(H,5,6)/t5-,6-;/m1./s1. The van der Waals surface area contributed by atoms with Crippen LogP contribution in [0.15, 0.2) is 0 Å². The van der Waals surface area contributed by atoms with Gasteiger partial charge in [-0.2, -0.15) is 0 Å². The number of hydrogen-bond acceptors (Lipinski definition) is 2. The van der Waals surface area contributed by atoms with Crippen LogP contribution in [0.3, 0.4) is 0 Å². The lowest BCUT2D eigenvalue weighted by atomic mass is 10.1. The summed E-state index contributed by atoms with van der Waals surface area (Å²) in [5, 5.41) is 7.91. The molecule has 1 aliphatic rings. The van der Waals surface area contributed by atoms with Gasteiger partial charge >= 0.3 is 5.97 Å². The third-order valence-electron chi connectivity index (χ3n) is 3.07. The van der Waals surface area contributed by atoms with Gasteiger partial charge in [0.25, 0.3) is 0 Å². The zero-order valence-corrected chi connectivity index (χ0v) is 9.41. The fourth-order valence-electron chi connectivity index (χ4n) is 1.45. The molecule has 0 aromatic rings. The first-order chi connectivity index (χ1) is 6.37. The molecule has 82 valence electrons. The fourth-order valence-corrected chi connectivity index (χ4v) is 1.45. The van der Waals surface area contributed by atoms with Crippen LogP contribution in [0, 0.1) is 17.3 Å². The van der Waals surface area contributed by atoms with E-state index in [0.717, 1.165) is 12.7 Å². The van der Waals surface area contributed by atoms with E-state index >= 15 is 0 Å². The summed E-state index contributed by atoms with van der Waals surface area (Å²) < 4.78 is 0. The van der Waals surface area contributed by atoms with E-state index < -0.39 is 5.97 Å². The molecule has 0 radical (unpaired) electrons. The number of rotatable bonds is 3. The number of carboxylic acids is 1. The van der Waals surface area contributed by atoms with Crippen LogP contribution in [0.2, 0.25) is 0 Å². The first kappa shape index (κ1) is 13.1. The molecular formula is C11H20O3. The molecule has 0 heterocycles. The first-order valence-corrected chi connectivity index (χ1v) is 5.05. The Labute approximate surface area is 85.5 Å². The van der Waals surface area contributed by atoms with Gasteiger partial charge < -0.3 is 9.90 Å². The summed E-state index contributed by atoms with van der Waals surface area (Å²) in [5.41, 5.74) is 0.307. The summed E-state index contributed by atoms with van der Waals surface area (Å²) in [6.45, 7) is 8.24. The van der Waals surface area contributed by atoms with Gasteiger partial charge in [-0.1, -0.05) is 27.7 Å². The van der Waals surface area contributed by atoms with Crippen molar-refractivity contribution in [2.75, 3.05) is 0 Å². The van der Waals surface area contributed by atoms with Gasteiger partial charge in [-0.05, 0) is 17.8 Å². The predicted octanol–water partition coefficient (Wildman–Crippen LogP) is 2.35. The molecule has 1 N–H and O–H groups in total. The Morgan fingerprint density at radius 3 is 1.93 bits per heavy atom. The lowest BCUT2D eigenvalue weighted by Crippen LogP contribution is -1.90. The van der Waals surface area contributed by atoms with Crippen LogP contribution in [0.1, 0.15) is 40.5 Å². The van der Waals surface area contributed by atoms with Crippen molar-refractivity contribution in [2.24, 2.45) is 17.3 Å². The molecule has 2 atom stereocenters. The number of aliphatic carboxylic acids is 1. The molecule has 3 heteroatoms. The normalized spacial score (nSPS) is 27.1. The molecule has 0 unspecified atom stereocenters. The molecule has 1 aliphatic carbocycles. The van der Waals surface area contributed by atoms with Crippen LogP contribution in [-0.2, 0) is 9.59 Å². The van der Waals surface area contributed by atoms with E-state index in [-0.39, 0.29) is 0 Å². The zero-order valence-electron chi connectivity index (χ0n) is 9.41. The van der Waals surface area contributed by atoms with E-state index in [4.69, 9.17) is 5.11 Å². The van der Waals surface area contributed by atoms with Crippen LogP contribution in [0.5, 0.6) is 0 Å². The van der Waals surface area contributed by atoms with Crippen molar-refractivity contribution in [1.29, 1.82) is 0 Å². The van der Waals surface area contributed by atoms with E-state index in [1.807, 2.05) is 6.92 Å². The third kappa shape index (κ3) is 3.48. The highest BCUT2D eigenvalue weighted by Gasteiger charge is 2.54. The van der Waals surface area contributed by atoms with Gasteiger partial charge in [-0.15, -0.1) is 0 Å². The van der Waals surface area contributed by atoms with Gasteiger partial charge in [-0.25, -0.2) is 0 Å². The van der Waals surface area contributed by atoms with Crippen LogP contribution in [0.25, 0.3) is 0 Å². The smallest absolute Gasteiger partial charge is 0.303 e. The van der Waals surface area contributed by atoms with Crippen LogP contribution < -0.4 is 0 Å². The second-order valence-electron chi connectivity index (χ2n) is 4.42. The molecule has 0 aromatic carbocycles. The SMILES string of the molecule is CCCC(=O)O.C[C@@H]1[C@@H](C=O)C1(C)C. The molecule has 1 saturated carbocycles. The van der Waals surface area contributed by atoms with Crippen molar-refractivity contribution in [2.45, 2.75) is 40.5 Å². The zero-order chi connectivity index (χ0) is 11.4. The molecular weight excluding hydrogens is 180 g/mol. The van der Waals surface area contributed by atoms with Gasteiger partial charge in [0.1, 0.15) is 6.29 Å². The molecule has 0 aromatic heterocycles. The number of aldehydes is 1. The summed E-state index contributed by atoms with van der Waals surface area (Å²) in [4.78, 5) is 19.8. The van der Waals surface area contributed by atoms with Crippen LogP contribution in [0.4, 0.5) is 0 Å². The first-order valence-electron chi connectivity index (χ1n) is 5.05. The van der Waals surface area contributed by atoms with Crippen LogP contribution >= 0.6 is 0 Å². The molecule has 0 spiro atoms. The van der Waals surface area contributed by atoms with Gasteiger partial charge in [0.2, 0.25) is 0 Å². The largest absolute Gasteiger partial charge is 0.481 e. The molecule has 0 saturated heterocycles. The highest BCUT2D eigenvalue weighted by molar-refractivity contribution is 5.66. The molecule has 1 fully saturated rings. The third-order valence-corrected chi connectivity index (χ3v) is 3.07. The van der Waals surface area contributed by atoms with Crippen LogP contribution in [-0.4, -0.2) is 17.4 Å². The van der Waals surface area contributed by atoms with Crippen molar-refractivity contribution in [3.63, 3.8) is 0 Å². The molecule has 0 aliphatic heterocycles. The molecule has 1 rings (SSSR count). The molecule has 3 nitrogen and oxygen atoms in total. The van der Waals surface area contributed by atoms with Crippen molar-refractivity contribution < 1.29 is 14.7 Å². The molecule has 0 bridgehead atoms. The Balaban J connectivity index is 0.000000255. The average Bonchev–Trinajstić information content (AvgIpc) is 2.52. The summed E-state index contributed by atoms with van der Waals surface area (Å²) >= 11 is 0. The Kier molecular flexibility index (Phi) is 4.81. The van der Waals surface area contributed by atoms with Gasteiger partial charge in [0.15, 0.2) is 0 Å². The Hall–Kier alpha value is -0.860. The van der Waals surface area contributed by atoms with E-state index in [9.17, 15) is 9.59 Å². The summed E-state index contributed by atoms with van der Waals surface area (Å²) in [5.74, 6) is 0.236. The molecule has 14 heavy (non-hydrogen) atoms. The maximum atomic E-state index is 10.2. The van der Waals surface area contributed by atoms with Gasteiger partial charge in [-0.3, -0.25) is 4.79 Å². The molecule has 0 amide bonds. The summed E-state index contributed by atoms with van der Waals surface area (Å²) in [7, 11) is 0. The van der Waals surface area contributed by atoms with E-state index in [1.54, 1.807) is 0 Å². The van der Waals surface area contributed by atoms with Crippen molar-refractivity contribution in [3.8, 4) is 0 Å². The minimum Gasteiger partial charge on any atom is -0.481 e. The van der Waals surface area contributed by atoms with E-state index in [0.29, 0.717) is 23.7 Å². The lowest BCUT2D eigenvalue weighted by molar-refractivity contribution is -0.137. The summed E-state index contributed by atoms with van der Waals surface area (Å²) in [6.07, 6.45) is 2.10. The maximum Gasteiger partial charge on any atom is 0.303 e.